The average Bonchev–Trinajstić information content (AvgIpc) is 2.92. The number of fused-ring (bicyclic) bond motifs is 1. The number of hydrogen-bond acceptors (Lipinski definition) is 8. The highest BCUT2D eigenvalue weighted by Gasteiger charge is 2.47. The highest BCUT2D eigenvalue weighted by atomic mass is 35.5. The number of ketones is 1. The monoisotopic (exact) mass is 593 g/mol. The first-order chi connectivity index (χ1) is 19.1. The minimum Gasteiger partial charge on any atom is -0.465 e. The Labute approximate surface area is 245 Å². The first-order valence-corrected chi connectivity index (χ1v) is 14.8. The number of cyclic esters (lactones) is 1. The van der Waals surface area contributed by atoms with E-state index < -0.39 is 24.1 Å². The maximum absolute atomic E-state index is 13.2. The molecule has 0 amide bonds. The van der Waals surface area contributed by atoms with Crippen molar-refractivity contribution in [2.24, 2.45) is 34.7 Å². The first kappa shape index (κ1) is 30.5. The summed E-state index contributed by atoms with van der Waals surface area (Å²) in [7, 11) is 0. The lowest BCUT2D eigenvalue weighted by Gasteiger charge is -2.44. The van der Waals surface area contributed by atoms with Crippen molar-refractivity contribution in [2.75, 3.05) is 6.61 Å². The molecule has 40 heavy (non-hydrogen) atoms. The van der Waals surface area contributed by atoms with Gasteiger partial charge in [-0.15, -0.1) is 0 Å². The molecule has 7 unspecified atom stereocenters. The minimum atomic E-state index is -0.779. The quantitative estimate of drug-likeness (QED) is 0.289. The Bertz CT molecular complexity index is 1160. The number of hydrogen-bond donors (Lipinski definition) is 1. The van der Waals surface area contributed by atoms with Crippen LogP contribution in [0.4, 0.5) is 0 Å². The zero-order valence-corrected chi connectivity index (χ0v) is 24.6. The van der Waals surface area contributed by atoms with Crippen molar-refractivity contribution in [3.05, 3.63) is 45.5 Å². The molecule has 7 atom stereocenters. The molecule has 0 bridgehead atoms. The van der Waals surface area contributed by atoms with E-state index in [2.05, 4.69) is 5.16 Å². The van der Waals surface area contributed by atoms with Crippen LogP contribution >= 0.6 is 23.2 Å². The van der Waals surface area contributed by atoms with Crippen LogP contribution in [0.5, 0.6) is 0 Å². The number of nitrogens with zero attached hydrogens (tertiary/aromatic N) is 1. The van der Waals surface area contributed by atoms with E-state index in [9.17, 15) is 19.5 Å². The molecule has 8 nitrogen and oxygen atoms in total. The molecule has 1 heterocycles. The third-order valence-corrected chi connectivity index (χ3v) is 9.28. The number of rotatable bonds is 9. The van der Waals surface area contributed by atoms with Gasteiger partial charge >= 0.3 is 11.9 Å². The highest BCUT2D eigenvalue weighted by Crippen LogP contribution is 2.45. The van der Waals surface area contributed by atoms with Crippen molar-refractivity contribution in [3.63, 3.8) is 0 Å². The normalized spacial score (nSPS) is 30.2. The summed E-state index contributed by atoms with van der Waals surface area (Å²) in [6, 6.07) is 5.19. The lowest BCUT2D eigenvalue weighted by molar-refractivity contribution is -0.161. The maximum Gasteiger partial charge on any atom is 0.311 e. The highest BCUT2D eigenvalue weighted by molar-refractivity contribution is 6.35. The predicted octanol–water partition coefficient (Wildman–Crippen LogP) is 5.70. The summed E-state index contributed by atoms with van der Waals surface area (Å²) in [6.45, 7) is 5.90. The molecule has 1 saturated heterocycles. The number of aliphatic hydroxyl groups is 1. The summed E-state index contributed by atoms with van der Waals surface area (Å²) < 4.78 is 11.2. The fraction of sp³-hybridized carbons (Fsp3) is 0.600. The van der Waals surface area contributed by atoms with E-state index in [1.807, 2.05) is 20.8 Å². The van der Waals surface area contributed by atoms with Crippen LogP contribution in [0.2, 0.25) is 10.0 Å². The average molecular weight is 595 g/mol. The molecular formula is C30H37Cl2NO7. The van der Waals surface area contributed by atoms with Gasteiger partial charge in [-0.05, 0) is 61.8 Å². The van der Waals surface area contributed by atoms with E-state index in [1.165, 1.54) is 0 Å². The lowest BCUT2D eigenvalue weighted by atomic mass is 9.63. The van der Waals surface area contributed by atoms with E-state index in [0.717, 1.165) is 0 Å². The molecule has 4 rings (SSSR count). The van der Waals surface area contributed by atoms with Gasteiger partial charge in [0, 0.05) is 33.9 Å². The molecule has 0 aromatic heterocycles. The van der Waals surface area contributed by atoms with Gasteiger partial charge in [0.2, 0.25) is 0 Å². The first-order valence-electron chi connectivity index (χ1n) is 14.0. The van der Waals surface area contributed by atoms with Gasteiger partial charge in [-0.25, -0.2) is 0 Å². The summed E-state index contributed by atoms with van der Waals surface area (Å²) in [5.41, 5.74) is 1.92. The molecule has 1 aromatic carbocycles. The smallest absolute Gasteiger partial charge is 0.311 e. The Morgan fingerprint density at radius 3 is 2.60 bits per heavy atom. The second-order valence-electron chi connectivity index (χ2n) is 11.0. The van der Waals surface area contributed by atoms with E-state index >= 15 is 0 Å². The van der Waals surface area contributed by atoms with Crippen molar-refractivity contribution in [2.45, 2.75) is 78.1 Å². The SMILES string of the molecule is CCC(C)C(=O)OC1CCC(=NOCc2c(Cl)cccc2Cl)C2=CC(=O)C(C)C(CCC3C(=O)OCCC3O)C21. The van der Waals surface area contributed by atoms with Gasteiger partial charge in [-0.1, -0.05) is 55.2 Å². The summed E-state index contributed by atoms with van der Waals surface area (Å²) in [5.74, 6) is -2.54. The van der Waals surface area contributed by atoms with Crippen LogP contribution in [0, 0.1) is 29.6 Å². The Morgan fingerprint density at radius 1 is 1.20 bits per heavy atom. The van der Waals surface area contributed by atoms with Crippen LogP contribution in [0.25, 0.3) is 0 Å². The van der Waals surface area contributed by atoms with E-state index in [4.69, 9.17) is 37.5 Å². The minimum absolute atomic E-state index is 0.0567. The Hall–Kier alpha value is -2.42. The van der Waals surface area contributed by atoms with Gasteiger partial charge in [0.15, 0.2) is 5.78 Å². The van der Waals surface area contributed by atoms with Gasteiger partial charge in [0.1, 0.15) is 12.7 Å². The molecule has 1 N–H and O–H groups in total. The van der Waals surface area contributed by atoms with Gasteiger partial charge in [0.05, 0.1) is 30.3 Å². The Kier molecular flexibility index (Phi) is 10.3. The van der Waals surface area contributed by atoms with Crippen molar-refractivity contribution in [1.29, 1.82) is 0 Å². The van der Waals surface area contributed by atoms with Crippen LogP contribution in [0.15, 0.2) is 35.0 Å². The lowest BCUT2D eigenvalue weighted by Crippen LogP contribution is -2.47. The predicted molar refractivity (Wildman–Crippen MR) is 151 cm³/mol. The number of halogens is 2. The molecular weight excluding hydrogens is 557 g/mol. The molecule has 0 spiro atoms. The second-order valence-corrected chi connectivity index (χ2v) is 11.8. The van der Waals surface area contributed by atoms with E-state index in [1.54, 1.807) is 24.3 Å². The number of allylic oxidation sites excluding steroid dienone is 1. The van der Waals surface area contributed by atoms with Crippen molar-refractivity contribution in [3.8, 4) is 0 Å². The van der Waals surface area contributed by atoms with Crippen LogP contribution < -0.4 is 0 Å². The summed E-state index contributed by atoms with van der Waals surface area (Å²) in [5, 5.41) is 15.8. The number of esters is 2. The number of benzene rings is 1. The summed E-state index contributed by atoms with van der Waals surface area (Å²) in [4.78, 5) is 44.1. The molecule has 2 aliphatic carbocycles. The maximum atomic E-state index is 13.2. The summed E-state index contributed by atoms with van der Waals surface area (Å²) in [6.07, 6.45) is 3.24. The molecule has 1 aliphatic heterocycles. The molecule has 10 heteroatoms. The third kappa shape index (κ3) is 6.72. The van der Waals surface area contributed by atoms with Crippen molar-refractivity contribution in [1.82, 2.24) is 0 Å². The van der Waals surface area contributed by atoms with Crippen molar-refractivity contribution >= 4 is 46.6 Å². The van der Waals surface area contributed by atoms with E-state index in [-0.39, 0.29) is 48.6 Å². The third-order valence-electron chi connectivity index (χ3n) is 8.57. The van der Waals surface area contributed by atoms with E-state index in [0.29, 0.717) is 65.4 Å². The number of ether oxygens (including phenoxy) is 2. The Morgan fingerprint density at radius 2 is 1.93 bits per heavy atom. The van der Waals surface area contributed by atoms with Crippen molar-refractivity contribution < 1.29 is 33.8 Å². The molecule has 218 valence electrons. The number of carbonyl (C=O) groups excluding carboxylic acids is 3. The molecule has 1 saturated carbocycles. The molecule has 2 fully saturated rings. The number of carbonyl (C=O) groups is 3. The fourth-order valence-electron chi connectivity index (χ4n) is 5.85. The largest absolute Gasteiger partial charge is 0.465 e. The van der Waals surface area contributed by atoms with Gasteiger partial charge < -0.3 is 19.4 Å². The topological polar surface area (TPSA) is 111 Å². The standard InChI is InChI=1S/C30H37Cl2NO7/c1-4-16(2)29(36)40-27-11-10-24(33-39-15-21-22(31)6-5-7-23(21)32)20-14-26(35)17(3)18(28(20)27)8-9-19-25(34)12-13-38-30(19)37/h5-7,14,16-19,25,27-28,34H,4,8-13,15H2,1-3H3. The van der Waals surface area contributed by atoms with Crippen LogP contribution in [-0.2, 0) is 35.3 Å². The second kappa shape index (κ2) is 13.5. The summed E-state index contributed by atoms with van der Waals surface area (Å²) >= 11 is 12.5. The van der Waals surface area contributed by atoms with Gasteiger partial charge in [-0.3, -0.25) is 14.4 Å². The molecule has 3 aliphatic rings. The molecule has 0 radical (unpaired) electrons. The van der Waals surface area contributed by atoms with Gasteiger partial charge in [-0.2, -0.15) is 0 Å². The van der Waals surface area contributed by atoms with Gasteiger partial charge in [0.25, 0.3) is 0 Å². The fourth-order valence-corrected chi connectivity index (χ4v) is 6.36. The van der Waals surface area contributed by atoms with Crippen LogP contribution in [0.1, 0.15) is 64.9 Å². The zero-order valence-electron chi connectivity index (χ0n) is 23.1. The zero-order chi connectivity index (χ0) is 29.0. The molecule has 1 aromatic rings. The van der Waals surface area contributed by atoms with Crippen LogP contribution in [-0.4, -0.2) is 47.4 Å². The number of oxime groups is 1. The van der Waals surface area contributed by atoms with Crippen LogP contribution in [0.3, 0.4) is 0 Å². The number of aliphatic hydroxyl groups excluding tert-OH is 1. The Balaban J connectivity index is 1.60.